The normalized spacial score (nSPS) is 10.6. The van der Waals surface area contributed by atoms with Gasteiger partial charge in [0, 0.05) is 39.8 Å². The maximum absolute atomic E-state index is 11.7. The van der Waals surface area contributed by atoms with Crippen molar-refractivity contribution in [2.75, 3.05) is 5.32 Å². The summed E-state index contributed by atoms with van der Waals surface area (Å²) in [7, 11) is 0. The zero-order valence-electron chi connectivity index (χ0n) is 13.3. The minimum absolute atomic E-state index is 0.0362. The van der Waals surface area contributed by atoms with E-state index in [1.165, 1.54) is 0 Å². The Morgan fingerprint density at radius 3 is 2.58 bits per heavy atom. The number of carbonyl (C=O) groups is 1. The maximum atomic E-state index is 11.7. The van der Waals surface area contributed by atoms with E-state index < -0.39 is 0 Å². The number of halogens is 1. The van der Waals surface area contributed by atoms with E-state index in [0.717, 1.165) is 33.8 Å². The van der Waals surface area contributed by atoms with Gasteiger partial charge >= 0.3 is 0 Å². The molecule has 0 aliphatic carbocycles. The fraction of sp³-hybridized carbons (Fsp3) is 0.158. The van der Waals surface area contributed by atoms with Crippen LogP contribution in [0.3, 0.4) is 0 Å². The van der Waals surface area contributed by atoms with Crippen molar-refractivity contribution in [1.82, 2.24) is 4.98 Å². The van der Waals surface area contributed by atoms with E-state index in [2.05, 4.69) is 10.3 Å². The number of amides is 1. The molecule has 0 radical (unpaired) electrons. The van der Waals surface area contributed by atoms with Crippen molar-refractivity contribution < 1.29 is 4.79 Å². The molecular weight excluding hydrogens is 340 g/mol. The van der Waals surface area contributed by atoms with E-state index >= 15 is 0 Å². The summed E-state index contributed by atoms with van der Waals surface area (Å²) in [5, 5.41) is 6.51. The molecule has 5 heteroatoms. The molecule has 1 N–H and O–H groups in total. The third kappa shape index (κ3) is 3.83. The number of rotatable bonds is 5. The van der Waals surface area contributed by atoms with Crippen LogP contribution >= 0.6 is 22.9 Å². The zero-order chi connectivity index (χ0) is 16.9. The summed E-state index contributed by atoms with van der Waals surface area (Å²) < 4.78 is 0. The molecule has 3 nitrogen and oxygen atoms in total. The van der Waals surface area contributed by atoms with Crippen LogP contribution in [0.25, 0.3) is 21.7 Å². The Morgan fingerprint density at radius 2 is 1.92 bits per heavy atom. The second-order valence-electron chi connectivity index (χ2n) is 5.41. The van der Waals surface area contributed by atoms with Gasteiger partial charge in [-0.15, -0.1) is 11.3 Å². The van der Waals surface area contributed by atoms with E-state index in [1.54, 1.807) is 17.5 Å². The maximum Gasteiger partial charge on any atom is 0.224 e. The number of nitrogens with zero attached hydrogens (tertiary/aromatic N) is 1. The zero-order valence-corrected chi connectivity index (χ0v) is 14.8. The molecule has 1 amide bonds. The second kappa shape index (κ2) is 7.60. The Kier molecular flexibility index (Phi) is 5.28. The summed E-state index contributed by atoms with van der Waals surface area (Å²) >= 11 is 7.97. The highest BCUT2D eigenvalue weighted by Gasteiger charge is 2.08. The lowest BCUT2D eigenvalue weighted by atomic mass is 10.0. The highest BCUT2D eigenvalue weighted by molar-refractivity contribution is 7.13. The molecule has 0 bridgehead atoms. The summed E-state index contributed by atoms with van der Waals surface area (Å²) in [6.07, 6.45) is 3.16. The number of thiazole rings is 1. The van der Waals surface area contributed by atoms with Gasteiger partial charge in [0.15, 0.2) is 0 Å². The first-order chi connectivity index (χ1) is 11.7. The standard InChI is InChI=1S/C19H17ClN2OS/c1-2-3-18(23)22-15-7-4-13(5-8-15)16-12-14(6-9-17(16)20)19-21-10-11-24-19/h4-12H,2-3H2,1H3,(H,22,23). The van der Waals surface area contributed by atoms with Crippen LogP contribution in [-0.2, 0) is 4.79 Å². The van der Waals surface area contributed by atoms with Crippen molar-refractivity contribution >= 4 is 34.5 Å². The molecule has 1 heterocycles. The highest BCUT2D eigenvalue weighted by atomic mass is 35.5. The Morgan fingerprint density at radius 1 is 1.17 bits per heavy atom. The van der Waals surface area contributed by atoms with Gasteiger partial charge in [-0.3, -0.25) is 4.79 Å². The summed E-state index contributed by atoms with van der Waals surface area (Å²) in [4.78, 5) is 16.0. The summed E-state index contributed by atoms with van der Waals surface area (Å²) in [6.45, 7) is 1.99. The molecule has 0 unspecified atom stereocenters. The van der Waals surface area contributed by atoms with Crippen molar-refractivity contribution in [3.8, 4) is 21.7 Å². The average Bonchev–Trinajstić information content (AvgIpc) is 3.11. The quantitative estimate of drug-likeness (QED) is 0.621. The van der Waals surface area contributed by atoms with Crippen LogP contribution in [0.15, 0.2) is 54.0 Å². The molecule has 0 saturated carbocycles. The number of aromatic nitrogens is 1. The molecule has 0 aliphatic rings. The molecule has 24 heavy (non-hydrogen) atoms. The average molecular weight is 357 g/mol. The first-order valence-electron chi connectivity index (χ1n) is 7.77. The summed E-state index contributed by atoms with van der Waals surface area (Å²) in [5.41, 5.74) is 3.80. The third-order valence-electron chi connectivity index (χ3n) is 3.60. The smallest absolute Gasteiger partial charge is 0.224 e. The van der Waals surface area contributed by atoms with Crippen molar-refractivity contribution in [1.29, 1.82) is 0 Å². The first-order valence-corrected chi connectivity index (χ1v) is 9.03. The van der Waals surface area contributed by atoms with E-state index in [-0.39, 0.29) is 5.91 Å². The molecule has 122 valence electrons. The second-order valence-corrected chi connectivity index (χ2v) is 6.71. The van der Waals surface area contributed by atoms with Crippen molar-refractivity contribution in [2.45, 2.75) is 19.8 Å². The van der Waals surface area contributed by atoms with Crippen LogP contribution in [0, 0.1) is 0 Å². The number of nitrogens with one attached hydrogen (secondary N) is 1. The molecular formula is C19H17ClN2OS. The number of hydrogen-bond acceptors (Lipinski definition) is 3. The molecule has 0 fully saturated rings. The van der Waals surface area contributed by atoms with Gasteiger partial charge in [-0.25, -0.2) is 4.98 Å². The van der Waals surface area contributed by atoms with Crippen LogP contribution in [0.2, 0.25) is 5.02 Å². The number of carbonyl (C=O) groups excluding carboxylic acids is 1. The molecule has 3 rings (SSSR count). The molecule has 1 aromatic heterocycles. The van der Waals surface area contributed by atoms with Gasteiger partial charge in [-0.2, -0.15) is 0 Å². The van der Waals surface area contributed by atoms with Gasteiger partial charge in [-0.1, -0.05) is 36.7 Å². The lowest BCUT2D eigenvalue weighted by Crippen LogP contribution is -2.10. The minimum Gasteiger partial charge on any atom is -0.326 e. The molecule has 0 saturated heterocycles. The van der Waals surface area contributed by atoms with Crippen LogP contribution in [0.1, 0.15) is 19.8 Å². The fourth-order valence-corrected chi connectivity index (χ4v) is 3.29. The van der Waals surface area contributed by atoms with Gasteiger partial charge in [0.25, 0.3) is 0 Å². The minimum atomic E-state index is 0.0362. The van der Waals surface area contributed by atoms with E-state index in [9.17, 15) is 4.79 Å². The topological polar surface area (TPSA) is 42.0 Å². The molecule has 0 atom stereocenters. The largest absolute Gasteiger partial charge is 0.326 e. The molecule has 3 aromatic rings. The van der Waals surface area contributed by atoms with Crippen LogP contribution < -0.4 is 5.32 Å². The van der Waals surface area contributed by atoms with Crippen LogP contribution in [0.4, 0.5) is 5.69 Å². The van der Waals surface area contributed by atoms with Gasteiger partial charge in [-0.05, 0) is 36.2 Å². The fourth-order valence-electron chi connectivity index (χ4n) is 2.43. The predicted octanol–water partition coefficient (Wildman–Crippen LogP) is 5.87. The molecule has 0 spiro atoms. The van der Waals surface area contributed by atoms with E-state index in [0.29, 0.717) is 11.4 Å². The highest BCUT2D eigenvalue weighted by Crippen LogP contribution is 2.33. The summed E-state index contributed by atoms with van der Waals surface area (Å²) in [5.74, 6) is 0.0362. The Bertz CT molecular complexity index is 829. The third-order valence-corrected chi connectivity index (χ3v) is 4.75. The number of hydrogen-bond donors (Lipinski definition) is 1. The van der Waals surface area contributed by atoms with E-state index in [4.69, 9.17) is 11.6 Å². The predicted molar refractivity (Wildman–Crippen MR) is 102 cm³/mol. The van der Waals surface area contributed by atoms with Crippen molar-refractivity contribution in [2.24, 2.45) is 0 Å². The first kappa shape index (κ1) is 16.7. The Hall–Kier alpha value is -2.17. The number of benzene rings is 2. The lowest BCUT2D eigenvalue weighted by Gasteiger charge is -2.09. The van der Waals surface area contributed by atoms with Gasteiger partial charge in [0.1, 0.15) is 5.01 Å². The van der Waals surface area contributed by atoms with E-state index in [1.807, 2.05) is 54.8 Å². The van der Waals surface area contributed by atoms with Crippen LogP contribution in [-0.4, -0.2) is 10.9 Å². The van der Waals surface area contributed by atoms with Crippen LogP contribution in [0.5, 0.6) is 0 Å². The van der Waals surface area contributed by atoms with Gasteiger partial charge in [0.2, 0.25) is 5.91 Å². The lowest BCUT2D eigenvalue weighted by molar-refractivity contribution is -0.116. The Labute approximate surface area is 150 Å². The van der Waals surface area contributed by atoms with Crippen molar-refractivity contribution in [3.05, 3.63) is 59.1 Å². The van der Waals surface area contributed by atoms with Gasteiger partial charge < -0.3 is 5.32 Å². The number of anilines is 1. The molecule has 2 aromatic carbocycles. The Balaban J connectivity index is 1.86. The summed E-state index contributed by atoms with van der Waals surface area (Å²) in [6, 6.07) is 13.6. The monoisotopic (exact) mass is 356 g/mol. The molecule has 0 aliphatic heterocycles. The van der Waals surface area contributed by atoms with Gasteiger partial charge in [0.05, 0.1) is 0 Å². The van der Waals surface area contributed by atoms with Crippen molar-refractivity contribution in [3.63, 3.8) is 0 Å². The SMILES string of the molecule is CCCC(=O)Nc1ccc(-c2cc(-c3nccs3)ccc2Cl)cc1.